The van der Waals surface area contributed by atoms with Crippen molar-refractivity contribution >= 4 is 49.4 Å². The van der Waals surface area contributed by atoms with Crippen molar-refractivity contribution in [3.8, 4) is 22.4 Å². The van der Waals surface area contributed by atoms with E-state index in [0.717, 1.165) is 44.3 Å². The van der Waals surface area contributed by atoms with Crippen molar-refractivity contribution in [2.24, 2.45) is 0 Å². The number of hydrogen-bond acceptors (Lipinski definition) is 4. The number of furan rings is 1. The third-order valence-corrected chi connectivity index (χ3v) is 6.79. The van der Waals surface area contributed by atoms with Gasteiger partial charge in [0.05, 0.1) is 16.9 Å². The fraction of sp³-hybridized carbons (Fsp3) is 0.0556. The van der Waals surface area contributed by atoms with Crippen LogP contribution in [0.2, 0.25) is 0 Å². The summed E-state index contributed by atoms with van der Waals surface area (Å²) in [6, 6.07) is 41.1. The number of hydrogen-bond donors (Lipinski definition) is 1. The number of allylic oxidation sites excluding steroid dienone is 2. The Hall–Kier alpha value is -4.57. The van der Waals surface area contributed by atoms with Crippen molar-refractivity contribution in [2.75, 3.05) is 0 Å². The van der Waals surface area contributed by atoms with Crippen LogP contribution in [0.15, 0.2) is 125 Å². The zero-order valence-electron chi connectivity index (χ0n) is 22.5. The minimum absolute atomic E-state index is 0. The molecule has 41 heavy (non-hydrogen) atoms. The first-order valence-corrected chi connectivity index (χ1v) is 13.1. The molecule has 2 aromatic heterocycles. The Labute approximate surface area is 251 Å². The normalized spacial score (nSPS) is 11.3. The van der Waals surface area contributed by atoms with Gasteiger partial charge < -0.3 is 9.52 Å². The number of aliphatic hydroxyl groups is 1. The number of para-hydroxylation sites is 1. The average molecular weight is 713 g/mol. The molecule has 0 bridgehead atoms. The molecule has 7 aromatic rings. The summed E-state index contributed by atoms with van der Waals surface area (Å²) in [4.78, 5) is 15.1. The maximum Gasteiger partial charge on any atom is 0.155 e. The minimum atomic E-state index is -0.125. The molecule has 0 spiro atoms. The molecule has 5 aromatic carbocycles. The summed E-state index contributed by atoms with van der Waals surface area (Å²) in [5.74, 6) is -0.0625. The largest absolute Gasteiger partial charge is 0.512 e. The van der Waals surface area contributed by atoms with Crippen LogP contribution in [-0.2, 0) is 24.9 Å². The number of aliphatic hydroxyl groups excluding tert-OH is 1. The van der Waals surface area contributed by atoms with Crippen LogP contribution in [0, 0.1) is 6.07 Å². The Morgan fingerprint density at radius 1 is 0.829 bits per heavy atom. The van der Waals surface area contributed by atoms with Gasteiger partial charge in [0, 0.05) is 37.0 Å². The van der Waals surface area contributed by atoms with E-state index >= 15 is 0 Å². The molecule has 0 aliphatic heterocycles. The van der Waals surface area contributed by atoms with E-state index in [1.54, 1.807) is 0 Å². The molecule has 0 amide bonds. The first kappa shape index (κ1) is 28.0. The molecule has 0 aliphatic carbocycles. The van der Waals surface area contributed by atoms with Crippen LogP contribution in [0.5, 0.6) is 0 Å². The van der Waals surface area contributed by atoms with E-state index in [1.165, 1.54) is 41.6 Å². The fourth-order valence-electron chi connectivity index (χ4n) is 5.16. The van der Waals surface area contributed by atoms with Crippen molar-refractivity contribution in [3.05, 3.63) is 127 Å². The molecule has 5 heteroatoms. The molecule has 0 fully saturated rings. The summed E-state index contributed by atoms with van der Waals surface area (Å²) >= 11 is 0. The van der Waals surface area contributed by atoms with Crippen LogP contribution in [0.4, 0.5) is 0 Å². The van der Waals surface area contributed by atoms with Gasteiger partial charge in [-0.3, -0.25) is 9.78 Å². The quantitative estimate of drug-likeness (QED) is 0.0859. The monoisotopic (exact) mass is 713 g/mol. The summed E-state index contributed by atoms with van der Waals surface area (Å²) < 4.78 is 6.29. The molecular formula is C36H26IrNO3-. The molecule has 0 atom stereocenters. The molecule has 4 nitrogen and oxygen atoms in total. The number of rotatable bonds is 3. The smallest absolute Gasteiger partial charge is 0.155 e. The van der Waals surface area contributed by atoms with Gasteiger partial charge in [-0.25, -0.2) is 0 Å². The molecule has 0 unspecified atom stereocenters. The van der Waals surface area contributed by atoms with Crippen LogP contribution >= 0.6 is 0 Å². The van der Waals surface area contributed by atoms with Gasteiger partial charge in [-0.05, 0) is 53.6 Å². The number of aromatic nitrogens is 1. The van der Waals surface area contributed by atoms with Crippen molar-refractivity contribution in [1.29, 1.82) is 0 Å². The Morgan fingerprint density at radius 2 is 1.54 bits per heavy atom. The zero-order chi connectivity index (χ0) is 27.6. The van der Waals surface area contributed by atoms with Gasteiger partial charge in [0.1, 0.15) is 5.58 Å². The SMILES string of the molecule is CC(=O)C=C(C)O.[Ir].[c-]1ccc2c(oc3ccccc32)c1-c1cc(-c2ccccc2)c2c(ccc3ccccc32)n1. The Morgan fingerprint density at radius 3 is 2.27 bits per heavy atom. The summed E-state index contributed by atoms with van der Waals surface area (Å²) in [5.41, 5.74) is 6.74. The topological polar surface area (TPSA) is 63.3 Å². The van der Waals surface area contributed by atoms with Crippen LogP contribution < -0.4 is 0 Å². The van der Waals surface area contributed by atoms with Gasteiger partial charge in [0.2, 0.25) is 0 Å². The number of nitrogens with zero attached hydrogens (tertiary/aromatic N) is 1. The summed E-state index contributed by atoms with van der Waals surface area (Å²) in [6.07, 6.45) is 1.17. The molecule has 203 valence electrons. The van der Waals surface area contributed by atoms with E-state index in [0.29, 0.717) is 0 Å². The van der Waals surface area contributed by atoms with Crippen molar-refractivity contribution in [2.45, 2.75) is 13.8 Å². The van der Waals surface area contributed by atoms with Gasteiger partial charge >= 0.3 is 0 Å². The maximum atomic E-state index is 10.0. The summed E-state index contributed by atoms with van der Waals surface area (Å²) in [5, 5.41) is 14.1. The molecular weight excluding hydrogens is 687 g/mol. The van der Waals surface area contributed by atoms with Gasteiger partial charge in [0.15, 0.2) is 5.78 Å². The second-order valence-electron chi connectivity index (χ2n) is 9.69. The predicted molar refractivity (Wildman–Crippen MR) is 163 cm³/mol. The first-order chi connectivity index (χ1) is 19.5. The second kappa shape index (κ2) is 11.9. The zero-order valence-corrected chi connectivity index (χ0v) is 24.9. The predicted octanol–water partition coefficient (Wildman–Crippen LogP) is 9.46. The molecule has 2 heterocycles. The van der Waals surface area contributed by atoms with E-state index in [9.17, 15) is 4.79 Å². The number of benzene rings is 5. The van der Waals surface area contributed by atoms with Crippen LogP contribution in [0.1, 0.15) is 13.8 Å². The standard InChI is InChI=1S/C31H18NO.C5H8O2.Ir/c1-2-9-20(10-3-1)26-19-28(32-27-18-17-21-11-4-5-12-22(21)30(26)27)25-15-8-14-24-23-13-6-7-16-29(23)33-31(24)25;1-4(6)3-5(2)7;/h1-14,16-19H;3,6H,1-2H3;/q-1;;. The van der Waals surface area contributed by atoms with E-state index in [2.05, 4.69) is 91.0 Å². The number of fused-ring (bicyclic) bond motifs is 6. The van der Waals surface area contributed by atoms with Crippen molar-refractivity contribution in [1.82, 2.24) is 4.98 Å². The molecule has 7 rings (SSSR count). The van der Waals surface area contributed by atoms with Gasteiger partial charge in [-0.1, -0.05) is 95.9 Å². The summed E-state index contributed by atoms with van der Waals surface area (Å²) in [6.45, 7) is 2.85. The van der Waals surface area contributed by atoms with E-state index < -0.39 is 0 Å². The number of carbonyl (C=O) groups excluding carboxylic acids is 1. The number of pyridine rings is 1. The molecule has 0 aliphatic rings. The fourth-order valence-corrected chi connectivity index (χ4v) is 5.16. The Bertz CT molecular complexity index is 2050. The molecule has 1 radical (unpaired) electrons. The van der Waals surface area contributed by atoms with Gasteiger partial charge in [-0.15, -0.1) is 18.2 Å². The third kappa shape index (κ3) is 5.55. The van der Waals surface area contributed by atoms with Crippen molar-refractivity contribution < 1.29 is 34.4 Å². The van der Waals surface area contributed by atoms with Crippen LogP contribution in [-0.4, -0.2) is 15.9 Å². The molecule has 0 saturated heterocycles. The number of carbonyl (C=O) groups is 1. The summed E-state index contributed by atoms with van der Waals surface area (Å²) in [7, 11) is 0. The average Bonchev–Trinajstić information content (AvgIpc) is 3.35. The van der Waals surface area contributed by atoms with Crippen LogP contribution in [0.3, 0.4) is 0 Å². The number of ketones is 1. The van der Waals surface area contributed by atoms with E-state index in [-0.39, 0.29) is 31.6 Å². The van der Waals surface area contributed by atoms with E-state index in [4.69, 9.17) is 14.5 Å². The molecule has 1 N–H and O–H groups in total. The third-order valence-electron chi connectivity index (χ3n) is 6.79. The van der Waals surface area contributed by atoms with E-state index in [1.807, 2.05) is 24.3 Å². The Balaban J connectivity index is 0.000000379. The molecule has 0 saturated carbocycles. The Kier molecular flexibility index (Phi) is 8.11. The minimum Gasteiger partial charge on any atom is -0.512 e. The van der Waals surface area contributed by atoms with Crippen molar-refractivity contribution in [3.63, 3.8) is 0 Å². The second-order valence-corrected chi connectivity index (χ2v) is 9.69. The van der Waals surface area contributed by atoms with Crippen LogP contribution in [0.25, 0.3) is 66.0 Å². The van der Waals surface area contributed by atoms with Gasteiger partial charge in [-0.2, -0.15) is 0 Å². The van der Waals surface area contributed by atoms with Gasteiger partial charge in [0.25, 0.3) is 0 Å². The maximum absolute atomic E-state index is 10.0. The first-order valence-electron chi connectivity index (χ1n) is 13.1.